The Morgan fingerprint density at radius 3 is 2.42 bits per heavy atom. The SMILES string of the molecule is COc1cc(C(C)C)ccc1C1COc2c(C)c(C)c(NCc3ccccc3)c(C)c21. The number of nitrogens with one attached hydrogen (secondary N) is 1. The maximum absolute atomic E-state index is 6.27. The molecule has 4 rings (SSSR count). The molecule has 0 bridgehead atoms. The first-order chi connectivity index (χ1) is 14.9. The maximum atomic E-state index is 6.27. The van der Waals surface area contributed by atoms with E-state index >= 15 is 0 Å². The molecule has 0 saturated heterocycles. The summed E-state index contributed by atoms with van der Waals surface area (Å²) in [6.07, 6.45) is 0. The summed E-state index contributed by atoms with van der Waals surface area (Å²) in [7, 11) is 1.76. The minimum atomic E-state index is 0.169. The predicted molar refractivity (Wildman–Crippen MR) is 129 cm³/mol. The molecule has 1 atom stereocenters. The molecule has 0 spiro atoms. The van der Waals surface area contributed by atoms with Gasteiger partial charge in [0.05, 0.1) is 19.6 Å². The molecule has 0 aromatic heterocycles. The molecule has 1 N–H and O–H groups in total. The van der Waals surface area contributed by atoms with E-state index in [-0.39, 0.29) is 5.92 Å². The predicted octanol–water partition coefficient (Wildman–Crippen LogP) is 6.88. The van der Waals surface area contributed by atoms with Crippen LogP contribution in [0.4, 0.5) is 5.69 Å². The van der Waals surface area contributed by atoms with Crippen molar-refractivity contribution in [1.82, 2.24) is 0 Å². The second-order valence-corrected chi connectivity index (χ2v) is 8.85. The standard InChI is InChI=1S/C28H33NO2/c1-17(2)22-12-13-23(25(14-22)30-6)24-16-31-28-19(4)18(3)27(20(5)26(24)28)29-15-21-10-8-7-9-11-21/h7-14,17,24,29H,15-16H2,1-6H3. The van der Waals surface area contributed by atoms with Gasteiger partial charge in [-0.3, -0.25) is 0 Å². The molecule has 0 aliphatic carbocycles. The van der Waals surface area contributed by atoms with Crippen LogP contribution in [0.2, 0.25) is 0 Å². The van der Waals surface area contributed by atoms with Crippen LogP contribution in [0.25, 0.3) is 0 Å². The van der Waals surface area contributed by atoms with Crippen molar-refractivity contribution in [3.63, 3.8) is 0 Å². The number of hydrogen-bond donors (Lipinski definition) is 1. The molecule has 162 valence electrons. The van der Waals surface area contributed by atoms with Crippen LogP contribution in [0, 0.1) is 20.8 Å². The third-order valence-corrected chi connectivity index (χ3v) is 6.66. The number of rotatable bonds is 6. The van der Waals surface area contributed by atoms with Crippen LogP contribution in [0.1, 0.15) is 64.6 Å². The molecular weight excluding hydrogens is 382 g/mol. The monoisotopic (exact) mass is 415 g/mol. The molecule has 0 amide bonds. The van der Waals surface area contributed by atoms with Gasteiger partial charge in [0.25, 0.3) is 0 Å². The highest BCUT2D eigenvalue weighted by Gasteiger charge is 2.33. The fourth-order valence-electron chi connectivity index (χ4n) is 4.67. The Balaban J connectivity index is 1.75. The van der Waals surface area contributed by atoms with Crippen molar-refractivity contribution in [3.05, 3.63) is 87.5 Å². The molecule has 1 unspecified atom stereocenters. The van der Waals surface area contributed by atoms with Gasteiger partial charge in [-0.05, 0) is 60.6 Å². The van der Waals surface area contributed by atoms with E-state index in [1.165, 1.54) is 44.6 Å². The van der Waals surface area contributed by atoms with Gasteiger partial charge in [0, 0.05) is 23.4 Å². The smallest absolute Gasteiger partial charge is 0.126 e. The first-order valence-electron chi connectivity index (χ1n) is 11.1. The molecule has 0 fully saturated rings. The van der Waals surface area contributed by atoms with Crippen molar-refractivity contribution >= 4 is 5.69 Å². The number of fused-ring (bicyclic) bond motifs is 1. The third kappa shape index (κ3) is 3.89. The van der Waals surface area contributed by atoms with E-state index in [2.05, 4.69) is 88.5 Å². The summed E-state index contributed by atoms with van der Waals surface area (Å²) in [6.45, 7) is 12.4. The topological polar surface area (TPSA) is 30.5 Å². The van der Waals surface area contributed by atoms with Crippen LogP contribution >= 0.6 is 0 Å². The average Bonchev–Trinajstić information content (AvgIpc) is 3.23. The van der Waals surface area contributed by atoms with E-state index in [9.17, 15) is 0 Å². The molecule has 1 heterocycles. The van der Waals surface area contributed by atoms with Crippen molar-refractivity contribution in [1.29, 1.82) is 0 Å². The van der Waals surface area contributed by atoms with Crippen LogP contribution in [-0.4, -0.2) is 13.7 Å². The molecule has 3 nitrogen and oxygen atoms in total. The quantitative estimate of drug-likeness (QED) is 0.476. The van der Waals surface area contributed by atoms with E-state index in [0.717, 1.165) is 18.0 Å². The highest BCUT2D eigenvalue weighted by atomic mass is 16.5. The summed E-state index contributed by atoms with van der Waals surface area (Å²) >= 11 is 0. The summed E-state index contributed by atoms with van der Waals surface area (Å²) in [5.74, 6) is 2.63. The highest BCUT2D eigenvalue weighted by molar-refractivity contribution is 5.70. The maximum Gasteiger partial charge on any atom is 0.126 e. The first-order valence-corrected chi connectivity index (χ1v) is 11.1. The summed E-state index contributed by atoms with van der Waals surface area (Å²) in [5.41, 5.74) is 10.0. The van der Waals surface area contributed by atoms with Crippen LogP contribution in [0.5, 0.6) is 11.5 Å². The van der Waals surface area contributed by atoms with Crippen molar-refractivity contribution < 1.29 is 9.47 Å². The van der Waals surface area contributed by atoms with E-state index in [4.69, 9.17) is 9.47 Å². The Morgan fingerprint density at radius 2 is 1.74 bits per heavy atom. The zero-order valence-electron chi connectivity index (χ0n) is 19.5. The molecule has 1 aliphatic heterocycles. The van der Waals surface area contributed by atoms with Crippen molar-refractivity contribution in [3.8, 4) is 11.5 Å². The lowest BCUT2D eigenvalue weighted by molar-refractivity contribution is 0.336. The van der Waals surface area contributed by atoms with Crippen LogP contribution in [0.3, 0.4) is 0 Å². The van der Waals surface area contributed by atoms with Crippen molar-refractivity contribution in [2.45, 2.75) is 53.0 Å². The fraction of sp³-hybridized carbons (Fsp3) is 0.357. The fourth-order valence-corrected chi connectivity index (χ4v) is 4.67. The lowest BCUT2D eigenvalue weighted by Crippen LogP contribution is -2.09. The Labute approximate surface area is 186 Å². The third-order valence-electron chi connectivity index (χ3n) is 6.66. The summed E-state index contributed by atoms with van der Waals surface area (Å²) in [4.78, 5) is 0. The van der Waals surface area contributed by atoms with E-state index in [1.54, 1.807) is 7.11 Å². The first kappa shape index (κ1) is 21.3. The van der Waals surface area contributed by atoms with Gasteiger partial charge in [0.1, 0.15) is 11.5 Å². The van der Waals surface area contributed by atoms with E-state index < -0.39 is 0 Å². The largest absolute Gasteiger partial charge is 0.496 e. The van der Waals surface area contributed by atoms with Crippen molar-refractivity contribution in [2.24, 2.45) is 0 Å². The Morgan fingerprint density at radius 1 is 1.00 bits per heavy atom. The molecule has 3 aromatic rings. The highest BCUT2D eigenvalue weighted by Crippen LogP contribution is 2.48. The number of ether oxygens (including phenoxy) is 2. The number of benzene rings is 3. The molecule has 31 heavy (non-hydrogen) atoms. The minimum absolute atomic E-state index is 0.169. The molecule has 0 saturated carbocycles. The van der Waals surface area contributed by atoms with E-state index in [0.29, 0.717) is 12.5 Å². The Kier molecular flexibility index (Phi) is 5.95. The minimum Gasteiger partial charge on any atom is -0.496 e. The summed E-state index contributed by atoms with van der Waals surface area (Å²) < 4.78 is 12.1. The van der Waals surface area contributed by atoms with Gasteiger partial charge in [-0.25, -0.2) is 0 Å². The van der Waals surface area contributed by atoms with Crippen LogP contribution in [0.15, 0.2) is 48.5 Å². The van der Waals surface area contributed by atoms with Gasteiger partial charge in [-0.1, -0.05) is 56.3 Å². The second-order valence-electron chi connectivity index (χ2n) is 8.85. The van der Waals surface area contributed by atoms with Gasteiger partial charge in [-0.15, -0.1) is 0 Å². The van der Waals surface area contributed by atoms with Gasteiger partial charge in [0.15, 0.2) is 0 Å². The molecule has 3 heteroatoms. The average molecular weight is 416 g/mol. The van der Waals surface area contributed by atoms with Gasteiger partial charge < -0.3 is 14.8 Å². The summed E-state index contributed by atoms with van der Waals surface area (Å²) in [5, 5.41) is 3.71. The van der Waals surface area contributed by atoms with Crippen LogP contribution in [-0.2, 0) is 6.54 Å². The van der Waals surface area contributed by atoms with Gasteiger partial charge >= 0.3 is 0 Å². The van der Waals surface area contributed by atoms with Crippen LogP contribution < -0.4 is 14.8 Å². The summed E-state index contributed by atoms with van der Waals surface area (Å²) in [6, 6.07) is 17.2. The van der Waals surface area contributed by atoms with Crippen molar-refractivity contribution in [2.75, 3.05) is 19.0 Å². The zero-order chi connectivity index (χ0) is 22.1. The Bertz CT molecular complexity index is 1090. The number of anilines is 1. The van der Waals surface area contributed by atoms with Gasteiger partial charge in [-0.2, -0.15) is 0 Å². The number of methoxy groups -OCH3 is 1. The lowest BCUT2D eigenvalue weighted by atomic mass is 9.85. The lowest BCUT2D eigenvalue weighted by Gasteiger charge is -2.22. The van der Waals surface area contributed by atoms with E-state index in [1.807, 2.05) is 0 Å². The normalized spacial score (nSPS) is 15.0. The number of hydrogen-bond acceptors (Lipinski definition) is 3. The zero-order valence-corrected chi connectivity index (χ0v) is 19.5. The molecular formula is C28H33NO2. The Hall–Kier alpha value is -2.94. The second kappa shape index (κ2) is 8.66. The van der Waals surface area contributed by atoms with Gasteiger partial charge in [0.2, 0.25) is 0 Å². The molecule has 3 aromatic carbocycles. The molecule has 1 aliphatic rings. The molecule has 0 radical (unpaired) electrons.